The van der Waals surface area contributed by atoms with E-state index in [9.17, 15) is 0 Å². The Bertz CT molecular complexity index is 451. The highest BCUT2D eigenvalue weighted by Crippen LogP contribution is 2.38. The van der Waals surface area contributed by atoms with Gasteiger partial charge in [0.1, 0.15) is 5.75 Å². The zero-order chi connectivity index (χ0) is 16.0. The molecule has 1 heteroatoms. The topological polar surface area (TPSA) is 9.23 Å². The number of hydrogen-bond donors (Lipinski definition) is 0. The van der Waals surface area contributed by atoms with E-state index in [-0.39, 0.29) is 0 Å². The number of para-hydroxylation sites is 1. The maximum absolute atomic E-state index is 5.99. The van der Waals surface area contributed by atoms with Crippen LogP contribution in [0.4, 0.5) is 0 Å². The van der Waals surface area contributed by atoms with Gasteiger partial charge in [-0.1, -0.05) is 78.0 Å². The summed E-state index contributed by atoms with van der Waals surface area (Å²) in [6.07, 6.45) is 9.34. The lowest BCUT2D eigenvalue weighted by Crippen LogP contribution is -2.32. The third kappa shape index (κ3) is 5.34. The molecule has 0 saturated carbocycles. The van der Waals surface area contributed by atoms with Crippen LogP contribution in [0.25, 0.3) is 0 Å². The van der Waals surface area contributed by atoms with Crippen molar-refractivity contribution in [2.24, 2.45) is 17.3 Å². The molecule has 0 saturated heterocycles. The van der Waals surface area contributed by atoms with Crippen molar-refractivity contribution in [2.45, 2.75) is 72.6 Å². The van der Waals surface area contributed by atoms with E-state index in [1.54, 1.807) is 0 Å². The highest BCUT2D eigenvalue weighted by molar-refractivity contribution is 5.35. The van der Waals surface area contributed by atoms with Gasteiger partial charge in [-0.05, 0) is 36.3 Å². The molecule has 1 aliphatic rings. The Labute approximate surface area is 137 Å². The van der Waals surface area contributed by atoms with Gasteiger partial charge in [0.05, 0.1) is 6.61 Å². The summed E-state index contributed by atoms with van der Waals surface area (Å²) in [5.74, 6) is 2.83. The minimum absolute atomic E-state index is 0.325. The van der Waals surface area contributed by atoms with Gasteiger partial charge in [0, 0.05) is 5.41 Å². The fourth-order valence-corrected chi connectivity index (χ4v) is 3.61. The van der Waals surface area contributed by atoms with E-state index >= 15 is 0 Å². The number of hydrogen-bond acceptors (Lipinski definition) is 1. The number of rotatable bonds is 8. The minimum atomic E-state index is 0.325. The van der Waals surface area contributed by atoms with Crippen LogP contribution in [-0.4, -0.2) is 6.61 Å². The van der Waals surface area contributed by atoms with Crippen LogP contribution in [0.2, 0.25) is 0 Å². The van der Waals surface area contributed by atoms with Crippen LogP contribution < -0.4 is 4.74 Å². The summed E-state index contributed by atoms with van der Waals surface area (Å²) in [5, 5.41) is 0. The Kier molecular flexibility index (Phi) is 6.35. The Morgan fingerprint density at radius 3 is 2.55 bits per heavy atom. The fourth-order valence-electron chi connectivity index (χ4n) is 3.61. The van der Waals surface area contributed by atoms with Gasteiger partial charge in [-0.3, -0.25) is 0 Å². The van der Waals surface area contributed by atoms with Gasteiger partial charge in [-0.25, -0.2) is 0 Å². The van der Waals surface area contributed by atoms with Gasteiger partial charge >= 0.3 is 0 Å². The van der Waals surface area contributed by atoms with Crippen molar-refractivity contribution in [3.8, 4) is 5.75 Å². The van der Waals surface area contributed by atoms with Crippen molar-refractivity contribution in [3.63, 3.8) is 0 Å². The molecule has 1 nitrogen and oxygen atoms in total. The van der Waals surface area contributed by atoms with Gasteiger partial charge in [-0.2, -0.15) is 0 Å². The van der Waals surface area contributed by atoms with Crippen molar-refractivity contribution in [1.29, 1.82) is 0 Å². The van der Waals surface area contributed by atoms with E-state index in [0.29, 0.717) is 5.41 Å². The lowest BCUT2D eigenvalue weighted by Gasteiger charge is -2.35. The fraction of sp³-hybridized carbons (Fsp3) is 0.714. The Hall–Kier alpha value is -0.980. The molecule has 1 heterocycles. The number of fused-ring (bicyclic) bond motifs is 1. The largest absolute Gasteiger partial charge is 0.493 e. The molecular formula is C21H34O. The second kappa shape index (κ2) is 8.04. The zero-order valence-electron chi connectivity index (χ0n) is 15.0. The van der Waals surface area contributed by atoms with Gasteiger partial charge in [0.25, 0.3) is 0 Å². The summed E-state index contributed by atoms with van der Waals surface area (Å²) >= 11 is 0. The van der Waals surface area contributed by atoms with Crippen molar-refractivity contribution >= 4 is 0 Å². The van der Waals surface area contributed by atoms with Crippen LogP contribution in [-0.2, 0) is 6.42 Å². The van der Waals surface area contributed by atoms with Crippen LogP contribution in [0.1, 0.15) is 71.8 Å². The van der Waals surface area contributed by atoms with E-state index in [4.69, 9.17) is 4.74 Å². The smallest absolute Gasteiger partial charge is 0.122 e. The predicted molar refractivity (Wildman–Crippen MR) is 95.5 cm³/mol. The molecule has 2 unspecified atom stereocenters. The van der Waals surface area contributed by atoms with Gasteiger partial charge < -0.3 is 4.74 Å². The molecule has 1 aliphatic heterocycles. The first kappa shape index (κ1) is 17.4. The first-order valence-corrected chi connectivity index (χ1v) is 9.19. The standard InChI is InChI=1S/C21H34O/c1-17(2)9-7-10-18(3)11-8-14-21(4)15-19-12-5-6-13-20(19)22-16-21/h5-6,12-13,17-18H,7-11,14-16H2,1-4H3. The third-order valence-electron chi connectivity index (χ3n) is 5.12. The Balaban J connectivity index is 1.71. The minimum Gasteiger partial charge on any atom is -0.493 e. The Morgan fingerprint density at radius 2 is 1.77 bits per heavy atom. The van der Waals surface area contributed by atoms with Crippen molar-refractivity contribution in [1.82, 2.24) is 0 Å². The second-order valence-electron chi connectivity index (χ2n) is 8.21. The normalized spacial score (nSPS) is 22.2. The molecule has 0 bridgehead atoms. The molecule has 0 amide bonds. The number of ether oxygens (including phenoxy) is 1. The van der Waals surface area contributed by atoms with Crippen LogP contribution >= 0.6 is 0 Å². The molecule has 2 rings (SSSR count). The first-order chi connectivity index (χ1) is 10.5. The molecule has 22 heavy (non-hydrogen) atoms. The van der Waals surface area contributed by atoms with Crippen LogP contribution in [0, 0.1) is 17.3 Å². The lowest BCUT2D eigenvalue weighted by molar-refractivity contribution is 0.123. The quantitative estimate of drug-likeness (QED) is 0.550. The van der Waals surface area contributed by atoms with E-state index < -0.39 is 0 Å². The van der Waals surface area contributed by atoms with Crippen LogP contribution in [0.5, 0.6) is 5.75 Å². The molecular weight excluding hydrogens is 268 g/mol. The molecule has 1 aromatic rings. The molecule has 0 spiro atoms. The van der Waals surface area contributed by atoms with E-state index in [1.807, 2.05) is 0 Å². The van der Waals surface area contributed by atoms with Gasteiger partial charge in [0.15, 0.2) is 0 Å². The summed E-state index contributed by atoms with van der Waals surface area (Å²) in [5.41, 5.74) is 1.72. The molecule has 0 fully saturated rings. The van der Waals surface area contributed by atoms with E-state index in [2.05, 4.69) is 52.0 Å². The number of benzene rings is 1. The molecule has 124 valence electrons. The highest BCUT2D eigenvalue weighted by atomic mass is 16.5. The summed E-state index contributed by atoms with van der Waals surface area (Å²) in [6.45, 7) is 10.4. The van der Waals surface area contributed by atoms with Gasteiger partial charge in [-0.15, -0.1) is 0 Å². The first-order valence-electron chi connectivity index (χ1n) is 9.19. The summed E-state index contributed by atoms with van der Waals surface area (Å²) in [7, 11) is 0. The summed E-state index contributed by atoms with van der Waals surface area (Å²) in [4.78, 5) is 0. The predicted octanol–water partition coefficient (Wildman–Crippen LogP) is 6.26. The average molecular weight is 303 g/mol. The van der Waals surface area contributed by atoms with Crippen molar-refractivity contribution in [2.75, 3.05) is 6.61 Å². The molecule has 0 N–H and O–H groups in total. The second-order valence-corrected chi connectivity index (χ2v) is 8.21. The molecule has 0 aromatic heterocycles. The molecule has 1 aromatic carbocycles. The lowest BCUT2D eigenvalue weighted by atomic mass is 9.77. The van der Waals surface area contributed by atoms with Crippen molar-refractivity contribution < 1.29 is 4.74 Å². The molecule has 2 atom stereocenters. The monoisotopic (exact) mass is 302 g/mol. The molecule has 0 radical (unpaired) electrons. The summed E-state index contributed by atoms with van der Waals surface area (Å²) < 4.78 is 5.99. The highest BCUT2D eigenvalue weighted by Gasteiger charge is 2.30. The van der Waals surface area contributed by atoms with Crippen LogP contribution in [0.3, 0.4) is 0 Å². The third-order valence-corrected chi connectivity index (χ3v) is 5.12. The summed E-state index contributed by atoms with van der Waals surface area (Å²) in [6, 6.07) is 8.53. The SMILES string of the molecule is CC(C)CCCC(C)CCCC1(C)COc2ccccc2C1. The van der Waals surface area contributed by atoms with E-state index in [0.717, 1.165) is 24.2 Å². The average Bonchev–Trinajstić information content (AvgIpc) is 2.46. The zero-order valence-corrected chi connectivity index (χ0v) is 15.0. The van der Waals surface area contributed by atoms with Gasteiger partial charge in [0.2, 0.25) is 0 Å². The van der Waals surface area contributed by atoms with E-state index in [1.165, 1.54) is 50.5 Å². The molecule has 0 aliphatic carbocycles. The Morgan fingerprint density at radius 1 is 1.05 bits per heavy atom. The maximum atomic E-state index is 5.99. The van der Waals surface area contributed by atoms with Crippen LogP contribution in [0.15, 0.2) is 24.3 Å². The van der Waals surface area contributed by atoms with Crippen molar-refractivity contribution in [3.05, 3.63) is 29.8 Å². The maximum Gasteiger partial charge on any atom is 0.122 e.